The Morgan fingerprint density at radius 3 is 2.48 bits per heavy atom. The quantitative estimate of drug-likeness (QED) is 0.623. The van der Waals surface area contributed by atoms with E-state index in [0.717, 1.165) is 35.5 Å². The summed E-state index contributed by atoms with van der Waals surface area (Å²) in [5, 5.41) is 0.416. The van der Waals surface area contributed by atoms with Gasteiger partial charge in [0.1, 0.15) is 10.9 Å². The molecule has 2 N–H and O–H groups in total. The Hall–Kier alpha value is -1.85. The van der Waals surface area contributed by atoms with E-state index >= 15 is 0 Å². The van der Waals surface area contributed by atoms with Crippen LogP contribution in [0.4, 0.5) is 5.95 Å². The topological polar surface area (TPSA) is 64.3 Å². The Kier molecular flexibility index (Phi) is 6.19. The molecule has 0 aliphatic carbocycles. The van der Waals surface area contributed by atoms with Crippen molar-refractivity contribution in [3.63, 3.8) is 0 Å². The van der Waals surface area contributed by atoms with Gasteiger partial charge in [-0.15, -0.1) is 0 Å². The van der Waals surface area contributed by atoms with Gasteiger partial charge in [-0.2, -0.15) is 0 Å². The van der Waals surface area contributed by atoms with Crippen LogP contribution in [0, 0.1) is 6.92 Å². The van der Waals surface area contributed by atoms with Gasteiger partial charge in [-0.1, -0.05) is 23.7 Å². The van der Waals surface area contributed by atoms with Crippen LogP contribution in [-0.4, -0.2) is 42.1 Å². The van der Waals surface area contributed by atoms with Gasteiger partial charge >= 0.3 is 0 Å². The van der Waals surface area contributed by atoms with E-state index in [2.05, 4.69) is 29.0 Å². The van der Waals surface area contributed by atoms with Crippen LogP contribution >= 0.6 is 11.6 Å². The number of hydrogen-bond donors (Lipinski definition) is 1. The Morgan fingerprint density at radius 1 is 1.17 bits per heavy atom. The summed E-state index contributed by atoms with van der Waals surface area (Å²) in [6.45, 7) is 3.63. The molecule has 0 fully saturated rings. The summed E-state index contributed by atoms with van der Waals surface area (Å²) in [5.41, 5.74) is 8.44. The number of halogens is 1. The van der Waals surface area contributed by atoms with Crippen molar-refractivity contribution in [3.8, 4) is 5.75 Å². The Bertz CT molecular complexity index is 621. The minimum atomic E-state index is 0.206. The zero-order valence-corrected chi connectivity index (χ0v) is 14.6. The first kappa shape index (κ1) is 17.5. The van der Waals surface area contributed by atoms with Crippen molar-refractivity contribution >= 4 is 17.5 Å². The Labute approximate surface area is 142 Å². The number of aromatic nitrogens is 2. The maximum absolute atomic E-state index is 6.17. The smallest absolute Gasteiger partial charge is 0.221 e. The number of hydrogen-bond acceptors (Lipinski definition) is 5. The van der Waals surface area contributed by atoms with Gasteiger partial charge < -0.3 is 15.4 Å². The standard InChI is InChI=1S/C17H23ClN4O/c1-12-15(16(18)21-17(19)20-12)11-13-5-7-14(8-6-13)23-10-4-9-22(2)3/h5-8H,4,9-11H2,1-3H3,(H2,19,20,21). The van der Waals surface area contributed by atoms with Crippen LogP contribution in [0.1, 0.15) is 23.2 Å². The molecule has 0 spiro atoms. The Balaban J connectivity index is 1.95. The van der Waals surface area contributed by atoms with E-state index in [4.69, 9.17) is 22.1 Å². The second kappa shape index (κ2) is 8.13. The molecule has 0 unspecified atom stereocenters. The van der Waals surface area contributed by atoms with Crippen LogP contribution in [-0.2, 0) is 6.42 Å². The maximum Gasteiger partial charge on any atom is 0.221 e. The lowest BCUT2D eigenvalue weighted by atomic mass is 10.1. The molecule has 0 aliphatic rings. The first-order valence-electron chi connectivity index (χ1n) is 7.60. The molecule has 0 saturated carbocycles. The fraction of sp³-hybridized carbons (Fsp3) is 0.412. The predicted molar refractivity (Wildman–Crippen MR) is 94.1 cm³/mol. The molecule has 0 atom stereocenters. The van der Waals surface area contributed by atoms with Gasteiger partial charge in [0.15, 0.2) is 0 Å². The van der Waals surface area contributed by atoms with Crippen molar-refractivity contribution in [3.05, 3.63) is 46.2 Å². The van der Waals surface area contributed by atoms with Gasteiger partial charge in [-0.3, -0.25) is 0 Å². The van der Waals surface area contributed by atoms with Gasteiger partial charge in [0, 0.05) is 24.2 Å². The van der Waals surface area contributed by atoms with Crippen LogP contribution in [0.3, 0.4) is 0 Å². The molecule has 1 aromatic carbocycles. The third-order valence-electron chi connectivity index (χ3n) is 3.50. The van der Waals surface area contributed by atoms with Crippen molar-refractivity contribution in [2.75, 3.05) is 33.0 Å². The van der Waals surface area contributed by atoms with E-state index in [9.17, 15) is 0 Å². The van der Waals surface area contributed by atoms with Crippen molar-refractivity contribution < 1.29 is 4.74 Å². The van der Waals surface area contributed by atoms with Crippen LogP contribution in [0.5, 0.6) is 5.75 Å². The molecule has 1 aromatic heterocycles. The van der Waals surface area contributed by atoms with E-state index in [1.165, 1.54) is 0 Å². The van der Waals surface area contributed by atoms with Gasteiger partial charge in [-0.05, 0) is 45.1 Å². The molecule has 23 heavy (non-hydrogen) atoms. The van der Waals surface area contributed by atoms with Gasteiger partial charge in [0.05, 0.1) is 6.61 Å². The average molecular weight is 335 g/mol. The monoisotopic (exact) mass is 334 g/mol. The number of rotatable bonds is 7. The second-order valence-electron chi connectivity index (χ2n) is 5.76. The lowest BCUT2D eigenvalue weighted by molar-refractivity contribution is 0.281. The molecule has 124 valence electrons. The fourth-order valence-electron chi connectivity index (χ4n) is 2.26. The zero-order chi connectivity index (χ0) is 16.8. The van der Waals surface area contributed by atoms with E-state index in [1.807, 2.05) is 31.2 Å². The molecule has 0 saturated heterocycles. The minimum absolute atomic E-state index is 0.206. The Morgan fingerprint density at radius 2 is 1.87 bits per heavy atom. The SMILES string of the molecule is Cc1nc(N)nc(Cl)c1Cc1ccc(OCCCN(C)C)cc1. The van der Waals surface area contributed by atoms with Crippen LogP contribution in [0.25, 0.3) is 0 Å². The number of anilines is 1. The molecule has 1 heterocycles. The van der Waals surface area contributed by atoms with E-state index in [1.54, 1.807) is 0 Å². The third-order valence-corrected chi connectivity index (χ3v) is 3.82. The zero-order valence-electron chi connectivity index (χ0n) is 13.8. The minimum Gasteiger partial charge on any atom is -0.494 e. The summed E-state index contributed by atoms with van der Waals surface area (Å²) in [6, 6.07) is 8.03. The lowest BCUT2D eigenvalue weighted by Gasteiger charge is -2.11. The molecule has 2 aromatic rings. The summed E-state index contributed by atoms with van der Waals surface area (Å²) in [4.78, 5) is 10.3. The number of ether oxygens (including phenoxy) is 1. The lowest BCUT2D eigenvalue weighted by Crippen LogP contribution is -2.15. The maximum atomic E-state index is 6.17. The largest absolute Gasteiger partial charge is 0.494 e. The molecule has 0 aliphatic heterocycles. The molecule has 0 amide bonds. The first-order valence-corrected chi connectivity index (χ1v) is 7.98. The number of nitrogens with two attached hydrogens (primary N) is 1. The summed E-state index contributed by atoms with van der Waals surface area (Å²) in [7, 11) is 4.12. The molecule has 5 nitrogen and oxygen atoms in total. The van der Waals surface area contributed by atoms with E-state index < -0.39 is 0 Å². The molecular weight excluding hydrogens is 312 g/mol. The van der Waals surface area contributed by atoms with Crippen molar-refractivity contribution in [2.45, 2.75) is 19.8 Å². The van der Waals surface area contributed by atoms with E-state index in [-0.39, 0.29) is 5.95 Å². The van der Waals surface area contributed by atoms with Crippen molar-refractivity contribution in [2.24, 2.45) is 0 Å². The normalized spacial score (nSPS) is 11.0. The van der Waals surface area contributed by atoms with Crippen LogP contribution in [0.15, 0.2) is 24.3 Å². The predicted octanol–water partition coefficient (Wildman–Crippen LogP) is 2.94. The van der Waals surface area contributed by atoms with Gasteiger partial charge in [0.2, 0.25) is 5.95 Å². The summed E-state index contributed by atoms with van der Waals surface area (Å²) < 4.78 is 5.73. The van der Waals surface area contributed by atoms with E-state index in [0.29, 0.717) is 18.2 Å². The number of nitrogen functional groups attached to an aromatic ring is 1. The number of benzene rings is 1. The second-order valence-corrected chi connectivity index (χ2v) is 6.12. The third kappa shape index (κ3) is 5.37. The van der Waals surface area contributed by atoms with Gasteiger partial charge in [0.25, 0.3) is 0 Å². The molecule has 6 heteroatoms. The van der Waals surface area contributed by atoms with Crippen LogP contribution < -0.4 is 10.5 Å². The highest BCUT2D eigenvalue weighted by molar-refractivity contribution is 6.30. The van der Waals surface area contributed by atoms with Crippen molar-refractivity contribution in [1.82, 2.24) is 14.9 Å². The summed E-state index contributed by atoms with van der Waals surface area (Å²) in [5.74, 6) is 1.08. The molecule has 0 radical (unpaired) electrons. The fourth-order valence-corrected chi connectivity index (χ4v) is 2.55. The highest BCUT2D eigenvalue weighted by atomic mass is 35.5. The summed E-state index contributed by atoms with van der Waals surface area (Å²) in [6.07, 6.45) is 1.68. The number of aryl methyl sites for hydroxylation is 1. The first-order chi connectivity index (χ1) is 11.0. The van der Waals surface area contributed by atoms with Crippen LogP contribution in [0.2, 0.25) is 5.15 Å². The molecule has 2 rings (SSSR count). The molecular formula is C17H23ClN4O. The highest BCUT2D eigenvalue weighted by Crippen LogP contribution is 2.22. The molecule has 0 bridgehead atoms. The van der Waals surface area contributed by atoms with Gasteiger partial charge in [-0.25, -0.2) is 9.97 Å². The average Bonchev–Trinajstić information content (AvgIpc) is 2.48. The number of nitrogens with zero attached hydrogens (tertiary/aromatic N) is 3. The summed E-state index contributed by atoms with van der Waals surface area (Å²) >= 11 is 6.17. The highest BCUT2D eigenvalue weighted by Gasteiger charge is 2.09. The van der Waals surface area contributed by atoms with Crippen molar-refractivity contribution in [1.29, 1.82) is 0 Å².